The van der Waals surface area contributed by atoms with E-state index >= 15 is 0 Å². The molecule has 8 heteroatoms. The average molecular weight is 541 g/mol. The predicted molar refractivity (Wildman–Crippen MR) is 139 cm³/mol. The van der Waals surface area contributed by atoms with Crippen LogP contribution in [0.25, 0.3) is 0 Å². The van der Waals surface area contributed by atoms with Crippen LogP contribution in [-0.4, -0.2) is 56.8 Å². The van der Waals surface area contributed by atoms with Gasteiger partial charge < -0.3 is 20.4 Å². The molecule has 2 N–H and O–H groups in total. The number of piperidine rings is 1. The van der Waals surface area contributed by atoms with Crippen LogP contribution in [0.4, 0.5) is 10.8 Å². The Balaban J connectivity index is 0.00000256. The first-order valence-electron chi connectivity index (χ1n) is 10.8. The Kier molecular flexibility index (Phi) is 9.05. The van der Waals surface area contributed by atoms with Crippen LogP contribution in [0.5, 0.6) is 0 Å². The molecule has 30 heavy (non-hydrogen) atoms. The van der Waals surface area contributed by atoms with Gasteiger partial charge in [0.05, 0.1) is 5.69 Å². The maximum absolute atomic E-state index is 4.81. The summed E-state index contributed by atoms with van der Waals surface area (Å²) >= 11 is 1.77. The topological polar surface area (TPSA) is 55.8 Å². The third-order valence-corrected chi connectivity index (χ3v) is 6.72. The molecule has 0 unspecified atom stereocenters. The van der Waals surface area contributed by atoms with Gasteiger partial charge in [0, 0.05) is 63.3 Å². The van der Waals surface area contributed by atoms with Gasteiger partial charge >= 0.3 is 0 Å². The van der Waals surface area contributed by atoms with Gasteiger partial charge in [-0.2, -0.15) is 0 Å². The third kappa shape index (κ3) is 6.23. The van der Waals surface area contributed by atoms with Crippen LogP contribution in [0.1, 0.15) is 31.4 Å². The first-order valence-corrected chi connectivity index (χ1v) is 11.7. The molecule has 1 aromatic heterocycles. The minimum Gasteiger partial charge on any atom is -0.371 e. The molecule has 2 aromatic rings. The standard InChI is InChI=1S/C22H32N6S.HI/c1-23-21(24-12-9-19-17-29-22(26-19)28-13-5-6-14-28)25-18-10-15-27(16-11-18)20-7-3-2-4-8-20;/h2-4,7-8,17-18H,5-6,9-16H2,1H3,(H2,23,24,25);1H. The number of halogens is 1. The molecule has 0 atom stereocenters. The summed E-state index contributed by atoms with van der Waals surface area (Å²) < 4.78 is 0. The number of aromatic nitrogens is 1. The van der Waals surface area contributed by atoms with Gasteiger partial charge in [-0.25, -0.2) is 4.98 Å². The van der Waals surface area contributed by atoms with Gasteiger partial charge in [-0.15, -0.1) is 35.3 Å². The largest absolute Gasteiger partial charge is 0.371 e. The van der Waals surface area contributed by atoms with Crippen molar-refractivity contribution in [2.75, 3.05) is 49.6 Å². The van der Waals surface area contributed by atoms with Crippen LogP contribution < -0.4 is 20.4 Å². The molecule has 0 bridgehead atoms. The highest BCUT2D eigenvalue weighted by atomic mass is 127. The zero-order valence-electron chi connectivity index (χ0n) is 17.7. The van der Waals surface area contributed by atoms with Crippen molar-refractivity contribution in [2.24, 2.45) is 4.99 Å². The second-order valence-electron chi connectivity index (χ2n) is 7.81. The number of hydrogen-bond donors (Lipinski definition) is 2. The fourth-order valence-electron chi connectivity index (χ4n) is 4.08. The van der Waals surface area contributed by atoms with Crippen molar-refractivity contribution in [2.45, 2.75) is 38.1 Å². The van der Waals surface area contributed by atoms with E-state index in [0.29, 0.717) is 6.04 Å². The van der Waals surface area contributed by atoms with Gasteiger partial charge in [0.2, 0.25) is 0 Å². The van der Waals surface area contributed by atoms with Crippen molar-refractivity contribution in [3.05, 3.63) is 41.4 Å². The Morgan fingerprint density at radius 3 is 2.53 bits per heavy atom. The Bertz CT molecular complexity index is 782. The zero-order valence-corrected chi connectivity index (χ0v) is 20.9. The van der Waals surface area contributed by atoms with Gasteiger partial charge in [0.1, 0.15) is 0 Å². The molecule has 1 aromatic carbocycles. The van der Waals surface area contributed by atoms with Crippen LogP contribution in [0.3, 0.4) is 0 Å². The zero-order chi connectivity index (χ0) is 19.9. The van der Waals surface area contributed by atoms with Crippen LogP contribution in [-0.2, 0) is 6.42 Å². The number of anilines is 2. The molecular formula is C22H33IN6S. The smallest absolute Gasteiger partial charge is 0.191 e. The molecule has 164 valence electrons. The van der Waals surface area contributed by atoms with Crippen molar-refractivity contribution in [3.63, 3.8) is 0 Å². The average Bonchev–Trinajstić information content (AvgIpc) is 3.46. The number of benzene rings is 1. The lowest BCUT2D eigenvalue weighted by molar-refractivity contribution is 0.461. The van der Waals surface area contributed by atoms with Crippen LogP contribution >= 0.6 is 35.3 Å². The van der Waals surface area contributed by atoms with Gasteiger partial charge in [-0.05, 0) is 37.8 Å². The maximum Gasteiger partial charge on any atom is 0.191 e. The van der Waals surface area contributed by atoms with Crippen molar-refractivity contribution >= 4 is 52.1 Å². The Labute approximate surface area is 201 Å². The Morgan fingerprint density at radius 2 is 1.83 bits per heavy atom. The van der Waals surface area contributed by atoms with E-state index in [4.69, 9.17) is 4.98 Å². The molecule has 3 heterocycles. The number of nitrogens with one attached hydrogen (secondary N) is 2. The fourth-order valence-corrected chi connectivity index (χ4v) is 5.00. The molecule has 2 fully saturated rings. The van der Waals surface area contributed by atoms with Gasteiger partial charge in [0.15, 0.2) is 11.1 Å². The lowest BCUT2D eigenvalue weighted by atomic mass is 10.0. The minimum atomic E-state index is 0. The summed E-state index contributed by atoms with van der Waals surface area (Å²) in [7, 11) is 1.85. The molecular weight excluding hydrogens is 507 g/mol. The van der Waals surface area contributed by atoms with Crippen LogP contribution in [0.2, 0.25) is 0 Å². The molecule has 0 aliphatic carbocycles. The monoisotopic (exact) mass is 540 g/mol. The maximum atomic E-state index is 4.81. The Hall–Kier alpha value is -1.55. The third-order valence-electron chi connectivity index (χ3n) is 5.77. The highest BCUT2D eigenvalue weighted by Crippen LogP contribution is 2.24. The number of thiazole rings is 1. The van der Waals surface area contributed by atoms with E-state index in [-0.39, 0.29) is 24.0 Å². The van der Waals surface area contributed by atoms with Crippen LogP contribution in [0, 0.1) is 0 Å². The molecule has 0 amide bonds. The molecule has 2 saturated heterocycles. The van der Waals surface area contributed by atoms with Crippen molar-refractivity contribution < 1.29 is 0 Å². The molecule has 2 aliphatic heterocycles. The van der Waals surface area contributed by atoms with E-state index in [9.17, 15) is 0 Å². The SMILES string of the molecule is CN=C(NCCc1csc(N2CCCC2)n1)NC1CCN(c2ccccc2)CC1.I. The second kappa shape index (κ2) is 11.7. The highest BCUT2D eigenvalue weighted by molar-refractivity contribution is 14.0. The predicted octanol–water partition coefficient (Wildman–Crippen LogP) is 3.74. The van der Waals surface area contributed by atoms with E-state index in [1.54, 1.807) is 11.3 Å². The molecule has 6 nitrogen and oxygen atoms in total. The van der Waals surface area contributed by atoms with Crippen molar-refractivity contribution in [1.82, 2.24) is 15.6 Å². The Morgan fingerprint density at radius 1 is 1.10 bits per heavy atom. The summed E-state index contributed by atoms with van der Waals surface area (Å²) in [6, 6.07) is 11.2. The highest BCUT2D eigenvalue weighted by Gasteiger charge is 2.20. The quantitative estimate of drug-likeness (QED) is 0.332. The number of guanidine groups is 1. The van der Waals surface area contributed by atoms with Crippen molar-refractivity contribution in [1.29, 1.82) is 0 Å². The first-order chi connectivity index (χ1) is 14.3. The second-order valence-corrected chi connectivity index (χ2v) is 8.64. The van der Waals surface area contributed by atoms with Gasteiger partial charge in [0.25, 0.3) is 0 Å². The lowest BCUT2D eigenvalue weighted by Crippen LogP contribution is -2.49. The minimum absolute atomic E-state index is 0. The number of rotatable bonds is 6. The van der Waals surface area contributed by atoms with Gasteiger partial charge in [-0.1, -0.05) is 18.2 Å². The van der Waals surface area contributed by atoms with E-state index in [1.807, 2.05) is 7.05 Å². The summed E-state index contributed by atoms with van der Waals surface area (Å²) in [5, 5.41) is 10.4. The van der Waals surface area contributed by atoms with Gasteiger partial charge in [-0.3, -0.25) is 4.99 Å². The summed E-state index contributed by atoms with van der Waals surface area (Å²) in [5.41, 5.74) is 2.50. The molecule has 0 spiro atoms. The van der Waals surface area contributed by atoms with E-state index < -0.39 is 0 Å². The van der Waals surface area contributed by atoms with E-state index in [1.165, 1.54) is 29.4 Å². The normalized spacial score (nSPS) is 17.7. The molecule has 0 radical (unpaired) electrons. The molecule has 0 saturated carbocycles. The summed E-state index contributed by atoms with van der Waals surface area (Å²) in [6.07, 6.45) is 5.77. The first kappa shape index (κ1) is 23.1. The molecule has 2 aliphatic rings. The number of aliphatic imine (C=N–C) groups is 1. The summed E-state index contributed by atoms with van der Waals surface area (Å²) in [6.45, 7) is 5.33. The summed E-state index contributed by atoms with van der Waals surface area (Å²) in [4.78, 5) is 14.1. The summed E-state index contributed by atoms with van der Waals surface area (Å²) in [5.74, 6) is 0.901. The van der Waals surface area contributed by atoms with E-state index in [2.05, 4.69) is 61.1 Å². The lowest BCUT2D eigenvalue weighted by Gasteiger charge is -2.34. The fraction of sp³-hybridized carbons (Fsp3) is 0.545. The molecule has 4 rings (SSSR count). The number of para-hydroxylation sites is 1. The number of hydrogen-bond acceptors (Lipinski definition) is 5. The van der Waals surface area contributed by atoms with Crippen molar-refractivity contribution in [3.8, 4) is 0 Å². The number of nitrogens with zero attached hydrogens (tertiary/aromatic N) is 4. The van der Waals surface area contributed by atoms with E-state index in [0.717, 1.165) is 57.9 Å². The van der Waals surface area contributed by atoms with Crippen LogP contribution in [0.15, 0.2) is 40.7 Å².